The quantitative estimate of drug-likeness (QED) is 0.587. The molecule has 1 heterocycles. The van der Waals surface area contributed by atoms with Crippen molar-refractivity contribution in [2.45, 2.75) is 25.7 Å². The number of fused-ring (bicyclic) bond motifs is 2. The average molecular weight is 188 g/mol. The highest BCUT2D eigenvalue weighted by atomic mass is 32.1. The molecule has 0 saturated carbocycles. The van der Waals surface area contributed by atoms with Gasteiger partial charge in [0.25, 0.3) is 0 Å². The van der Waals surface area contributed by atoms with Gasteiger partial charge in [0.2, 0.25) is 0 Å². The monoisotopic (exact) mass is 188 g/mol. The van der Waals surface area contributed by atoms with Gasteiger partial charge in [-0.15, -0.1) is 11.3 Å². The number of hydrogen-bond donors (Lipinski definition) is 0. The molecule has 1 aliphatic carbocycles. The SMILES string of the molecule is CC1CCc2cc3sccc3cc21. The molecule has 0 fully saturated rings. The summed E-state index contributed by atoms with van der Waals surface area (Å²) >= 11 is 1.85. The molecule has 1 aliphatic rings. The van der Waals surface area contributed by atoms with E-state index in [-0.39, 0.29) is 0 Å². The van der Waals surface area contributed by atoms with E-state index in [1.165, 1.54) is 22.9 Å². The van der Waals surface area contributed by atoms with E-state index < -0.39 is 0 Å². The lowest BCUT2D eigenvalue weighted by atomic mass is 10.0. The van der Waals surface area contributed by atoms with Crippen LogP contribution in [0.15, 0.2) is 23.6 Å². The highest BCUT2D eigenvalue weighted by molar-refractivity contribution is 7.17. The minimum atomic E-state index is 0.777. The first kappa shape index (κ1) is 7.57. The smallest absolute Gasteiger partial charge is 0.0345 e. The number of hydrogen-bond acceptors (Lipinski definition) is 1. The second-order valence-electron chi connectivity index (χ2n) is 3.95. The Morgan fingerprint density at radius 2 is 2.31 bits per heavy atom. The van der Waals surface area contributed by atoms with E-state index >= 15 is 0 Å². The number of thiophene rings is 1. The first-order valence-corrected chi connectivity index (χ1v) is 5.72. The molecule has 0 aliphatic heterocycles. The van der Waals surface area contributed by atoms with Gasteiger partial charge in [-0.3, -0.25) is 0 Å². The molecule has 1 aromatic heterocycles. The second-order valence-corrected chi connectivity index (χ2v) is 4.90. The van der Waals surface area contributed by atoms with Crippen molar-refractivity contribution in [1.82, 2.24) is 0 Å². The zero-order valence-corrected chi connectivity index (χ0v) is 8.53. The van der Waals surface area contributed by atoms with Crippen molar-refractivity contribution >= 4 is 21.4 Å². The average Bonchev–Trinajstić information content (AvgIpc) is 2.70. The first-order chi connectivity index (χ1) is 6.34. The molecule has 0 bridgehead atoms. The minimum absolute atomic E-state index is 0.777. The summed E-state index contributed by atoms with van der Waals surface area (Å²) in [5, 5.41) is 3.61. The number of aryl methyl sites for hydroxylation is 1. The van der Waals surface area contributed by atoms with Crippen LogP contribution >= 0.6 is 11.3 Å². The summed E-state index contributed by atoms with van der Waals surface area (Å²) in [5.41, 5.74) is 3.17. The van der Waals surface area contributed by atoms with Crippen LogP contribution in [0, 0.1) is 0 Å². The summed E-state index contributed by atoms with van der Waals surface area (Å²) in [4.78, 5) is 0. The fourth-order valence-corrected chi connectivity index (χ4v) is 3.11. The van der Waals surface area contributed by atoms with Crippen molar-refractivity contribution in [1.29, 1.82) is 0 Å². The summed E-state index contributed by atoms with van der Waals surface area (Å²) < 4.78 is 1.45. The van der Waals surface area contributed by atoms with Gasteiger partial charge in [0.1, 0.15) is 0 Å². The topological polar surface area (TPSA) is 0 Å². The van der Waals surface area contributed by atoms with Gasteiger partial charge in [-0.05, 0) is 58.9 Å². The van der Waals surface area contributed by atoms with Gasteiger partial charge in [-0.1, -0.05) is 6.92 Å². The second kappa shape index (κ2) is 2.58. The van der Waals surface area contributed by atoms with E-state index in [0.717, 1.165) is 5.92 Å². The van der Waals surface area contributed by atoms with Crippen LogP contribution in [0.2, 0.25) is 0 Å². The van der Waals surface area contributed by atoms with E-state index in [2.05, 4.69) is 30.5 Å². The maximum atomic E-state index is 2.39. The van der Waals surface area contributed by atoms with E-state index in [4.69, 9.17) is 0 Å². The summed E-state index contributed by atoms with van der Waals surface area (Å²) in [6, 6.07) is 7.00. The molecule has 1 aromatic carbocycles. The van der Waals surface area contributed by atoms with Crippen LogP contribution in [0.4, 0.5) is 0 Å². The van der Waals surface area contributed by atoms with E-state index in [1.54, 1.807) is 11.1 Å². The van der Waals surface area contributed by atoms with Crippen LogP contribution in [0.5, 0.6) is 0 Å². The van der Waals surface area contributed by atoms with Crippen LogP contribution in [0.3, 0.4) is 0 Å². The van der Waals surface area contributed by atoms with Crippen LogP contribution in [0.25, 0.3) is 10.1 Å². The Morgan fingerprint density at radius 3 is 3.23 bits per heavy atom. The third-order valence-electron chi connectivity index (χ3n) is 3.09. The largest absolute Gasteiger partial charge is 0.144 e. The maximum absolute atomic E-state index is 2.39. The van der Waals surface area contributed by atoms with Crippen molar-refractivity contribution in [2.24, 2.45) is 0 Å². The summed E-state index contributed by atoms with van der Waals surface area (Å²) in [5.74, 6) is 0.777. The van der Waals surface area contributed by atoms with E-state index in [1.807, 2.05) is 11.3 Å². The molecule has 1 heteroatoms. The molecule has 0 radical (unpaired) electrons. The Hall–Kier alpha value is -0.820. The van der Waals surface area contributed by atoms with Crippen molar-refractivity contribution < 1.29 is 0 Å². The van der Waals surface area contributed by atoms with Gasteiger partial charge in [-0.25, -0.2) is 0 Å². The molecule has 0 spiro atoms. The number of rotatable bonds is 0. The normalized spacial score (nSPS) is 20.8. The molecule has 3 rings (SSSR count). The van der Waals surface area contributed by atoms with Crippen molar-refractivity contribution in [3.63, 3.8) is 0 Å². The molecular formula is C12H12S. The highest BCUT2D eigenvalue weighted by Crippen LogP contribution is 2.36. The summed E-state index contributed by atoms with van der Waals surface area (Å²) in [7, 11) is 0. The molecule has 1 unspecified atom stereocenters. The van der Waals surface area contributed by atoms with Gasteiger partial charge < -0.3 is 0 Å². The Labute approximate surface area is 82.2 Å². The van der Waals surface area contributed by atoms with Crippen molar-refractivity contribution in [3.05, 3.63) is 34.7 Å². The fraction of sp³-hybridized carbons (Fsp3) is 0.333. The Balaban J connectivity index is 2.34. The van der Waals surface area contributed by atoms with Gasteiger partial charge >= 0.3 is 0 Å². The highest BCUT2D eigenvalue weighted by Gasteiger charge is 2.18. The molecular weight excluding hydrogens is 176 g/mol. The van der Waals surface area contributed by atoms with Crippen molar-refractivity contribution in [2.75, 3.05) is 0 Å². The number of benzene rings is 1. The van der Waals surface area contributed by atoms with Gasteiger partial charge in [-0.2, -0.15) is 0 Å². The molecule has 1 atom stereocenters. The lowest BCUT2D eigenvalue weighted by molar-refractivity contribution is 0.747. The van der Waals surface area contributed by atoms with Crippen molar-refractivity contribution in [3.8, 4) is 0 Å². The minimum Gasteiger partial charge on any atom is -0.144 e. The molecule has 0 nitrogen and oxygen atoms in total. The fourth-order valence-electron chi connectivity index (χ4n) is 2.27. The predicted molar refractivity (Wildman–Crippen MR) is 58.6 cm³/mol. The third kappa shape index (κ3) is 1.03. The molecule has 0 amide bonds. The Morgan fingerprint density at radius 1 is 1.38 bits per heavy atom. The molecule has 13 heavy (non-hydrogen) atoms. The van der Waals surface area contributed by atoms with Crippen LogP contribution < -0.4 is 0 Å². The predicted octanol–water partition coefficient (Wildman–Crippen LogP) is 3.95. The van der Waals surface area contributed by atoms with E-state index in [9.17, 15) is 0 Å². The Kier molecular flexibility index (Phi) is 1.50. The molecule has 0 saturated heterocycles. The maximum Gasteiger partial charge on any atom is 0.0345 e. The van der Waals surface area contributed by atoms with E-state index in [0.29, 0.717) is 0 Å². The van der Waals surface area contributed by atoms with Crippen LogP contribution in [0.1, 0.15) is 30.4 Å². The van der Waals surface area contributed by atoms with Crippen LogP contribution in [-0.2, 0) is 6.42 Å². The van der Waals surface area contributed by atoms with Crippen LogP contribution in [-0.4, -0.2) is 0 Å². The Bertz CT molecular complexity index is 453. The lowest BCUT2D eigenvalue weighted by Gasteiger charge is -2.03. The molecule has 0 N–H and O–H groups in total. The first-order valence-electron chi connectivity index (χ1n) is 4.84. The zero-order valence-electron chi connectivity index (χ0n) is 7.71. The lowest BCUT2D eigenvalue weighted by Crippen LogP contribution is -1.84. The summed E-state index contributed by atoms with van der Waals surface area (Å²) in [6.07, 6.45) is 2.62. The van der Waals surface area contributed by atoms with Gasteiger partial charge in [0.15, 0.2) is 0 Å². The summed E-state index contributed by atoms with van der Waals surface area (Å²) in [6.45, 7) is 2.34. The molecule has 2 aromatic rings. The third-order valence-corrected chi connectivity index (χ3v) is 3.97. The standard InChI is InChI=1S/C12H12S/c1-8-2-3-9-7-12-10(4-5-13-12)6-11(8)9/h4-8H,2-3H2,1H3. The zero-order chi connectivity index (χ0) is 8.84. The molecule has 66 valence electrons. The van der Waals surface area contributed by atoms with Gasteiger partial charge in [0, 0.05) is 4.70 Å². The van der Waals surface area contributed by atoms with Gasteiger partial charge in [0.05, 0.1) is 0 Å².